The molecule has 0 fully saturated rings. The van der Waals surface area contributed by atoms with E-state index in [1.54, 1.807) is 0 Å². The number of unbranched alkanes of at least 4 members (excludes halogenated alkanes) is 1. The van der Waals surface area contributed by atoms with Crippen molar-refractivity contribution in [1.82, 2.24) is 0 Å². The molecule has 0 bridgehead atoms. The average molecular weight is 892 g/mol. The molecule has 8 rings (SSSR count). The van der Waals surface area contributed by atoms with Gasteiger partial charge in [-0.3, -0.25) is 6.08 Å². The molecule has 0 amide bonds. The average Bonchev–Trinajstić information content (AvgIpc) is 3.83. The molecule has 7 aromatic carbocycles. The van der Waals surface area contributed by atoms with Crippen LogP contribution in [-0.2, 0) is 24.2 Å². The van der Waals surface area contributed by atoms with Gasteiger partial charge in [0.05, 0.1) is 0 Å². The largest absolute Gasteiger partial charge is 1.00 e. The fourth-order valence-corrected chi connectivity index (χ4v) is 7.81. The smallest absolute Gasteiger partial charge is 0.0259 e. The van der Waals surface area contributed by atoms with Crippen LogP contribution < -0.4 is 24.8 Å². The van der Waals surface area contributed by atoms with E-state index in [0.717, 1.165) is 21.2 Å². The third-order valence-electron chi connectivity index (χ3n) is 9.71. The number of hydrogen-bond donors (Lipinski definition) is 0. The molecule has 0 radical (unpaired) electrons. The van der Waals surface area contributed by atoms with E-state index in [-0.39, 0.29) is 24.8 Å². The summed E-state index contributed by atoms with van der Waals surface area (Å²) < 4.78 is 1.26. The standard InChI is InChI=1S/C25H17.C13H8Cl2.C13H21.2ClH.Zr/c1-3-7-18(8-4-1)20-11-13-24-22(15-20)17-23-16-21(12-14-25(23)24)19-9-5-2-6-10-19;14-12-5-1-3-10(8-12)7-11-4-2-6-13(15)9-11;1-5-6-7-11-8-9-12(10-11)13(2,3)4;;;/h1-17H;1-6,8-9H;9-11H,5-7H2,1-4H3;2*1H;/q-1;;-1;;;+2/p-2. The summed E-state index contributed by atoms with van der Waals surface area (Å²) >= 11 is 13.3. The summed E-state index contributed by atoms with van der Waals surface area (Å²) in [4.78, 5) is 0. The summed E-state index contributed by atoms with van der Waals surface area (Å²) in [7, 11) is 0. The Balaban J connectivity index is 0.000000196. The van der Waals surface area contributed by atoms with Crippen LogP contribution in [0.4, 0.5) is 0 Å². The molecule has 1 aliphatic carbocycles. The van der Waals surface area contributed by atoms with Gasteiger partial charge in [0, 0.05) is 0 Å². The second kappa shape index (κ2) is 21.4. The Morgan fingerprint density at radius 1 is 0.625 bits per heavy atom. The summed E-state index contributed by atoms with van der Waals surface area (Å²) in [5.74, 6) is 0.592. The van der Waals surface area contributed by atoms with Crippen molar-refractivity contribution in [2.24, 2.45) is 11.3 Å². The van der Waals surface area contributed by atoms with Crippen LogP contribution in [0.5, 0.6) is 0 Å². The maximum Gasteiger partial charge on any atom is -0.0259 e. The molecular weight excluding hydrogens is 846 g/mol. The molecular formula is C51H46Cl4Zr-2. The van der Waals surface area contributed by atoms with Crippen molar-refractivity contribution in [3.05, 3.63) is 197 Å². The van der Waals surface area contributed by atoms with Crippen LogP contribution in [0.1, 0.15) is 58.1 Å². The van der Waals surface area contributed by atoms with Gasteiger partial charge < -0.3 is 24.8 Å². The third kappa shape index (κ3) is 12.1. The van der Waals surface area contributed by atoms with Gasteiger partial charge in [0.25, 0.3) is 0 Å². The fourth-order valence-electron chi connectivity index (χ4n) is 6.66. The Kier molecular flexibility index (Phi) is 17.3. The van der Waals surface area contributed by atoms with Gasteiger partial charge >= 0.3 is 120 Å². The first-order valence-electron chi connectivity index (χ1n) is 18.7. The van der Waals surface area contributed by atoms with E-state index in [1.165, 1.54) is 96.1 Å². The van der Waals surface area contributed by atoms with Crippen molar-refractivity contribution in [1.29, 1.82) is 0 Å². The van der Waals surface area contributed by atoms with E-state index >= 15 is 0 Å². The number of allylic oxidation sites excluding steroid dienone is 4. The van der Waals surface area contributed by atoms with Crippen molar-refractivity contribution < 1.29 is 49.0 Å². The molecule has 0 heterocycles. The third-order valence-corrected chi connectivity index (χ3v) is 11.6. The number of rotatable bonds is 7. The molecule has 0 spiro atoms. The molecule has 1 atom stereocenters. The minimum Gasteiger partial charge on any atom is -1.00 e. The van der Waals surface area contributed by atoms with Crippen molar-refractivity contribution in [3.63, 3.8) is 0 Å². The van der Waals surface area contributed by atoms with Gasteiger partial charge in [-0.2, -0.15) is 11.6 Å². The van der Waals surface area contributed by atoms with Gasteiger partial charge in [0.15, 0.2) is 0 Å². The van der Waals surface area contributed by atoms with Crippen molar-refractivity contribution in [2.45, 2.75) is 47.0 Å². The zero-order valence-corrected chi connectivity index (χ0v) is 37.8. The maximum atomic E-state index is 5.98. The molecule has 0 N–H and O–H groups in total. The van der Waals surface area contributed by atoms with E-state index in [0.29, 0.717) is 11.3 Å². The van der Waals surface area contributed by atoms with Crippen LogP contribution in [0, 0.1) is 17.4 Å². The van der Waals surface area contributed by atoms with E-state index in [4.69, 9.17) is 23.2 Å². The maximum absolute atomic E-state index is 5.98. The molecule has 1 unspecified atom stereocenters. The van der Waals surface area contributed by atoms with Crippen molar-refractivity contribution in [3.8, 4) is 22.3 Å². The van der Waals surface area contributed by atoms with Crippen LogP contribution in [0.2, 0.25) is 10.0 Å². The van der Waals surface area contributed by atoms with Crippen molar-refractivity contribution in [2.75, 3.05) is 0 Å². The Hall–Kier alpha value is -3.42. The minimum atomic E-state index is 0. The zero-order chi connectivity index (χ0) is 38.1. The Bertz CT molecular complexity index is 2260. The molecule has 284 valence electrons. The van der Waals surface area contributed by atoms with E-state index < -0.39 is 0 Å². The topological polar surface area (TPSA) is 0 Å². The summed E-state index contributed by atoms with van der Waals surface area (Å²) in [6.07, 6.45) is 11.9. The van der Waals surface area contributed by atoms with Crippen LogP contribution in [0.3, 0.4) is 0 Å². The molecule has 1 aliphatic rings. The number of benzene rings is 6. The SMILES string of the molecule is CCCCC1[C-]=CC(C(C)(C)C)=C1.Clc1cccc([C](=[Zr+2])c2cccc(Cl)c2)c1.[Cl-].[Cl-].c1ccc(-c2ccc3c(c2)[cH-]c2cc(-c4ccccc4)ccc23)cc1. The van der Waals surface area contributed by atoms with Crippen LogP contribution in [-0.4, -0.2) is 3.21 Å². The quantitative estimate of drug-likeness (QED) is 0.140. The van der Waals surface area contributed by atoms with Gasteiger partial charge in [-0.15, -0.1) is 39.7 Å². The second-order valence-corrected chi connectivity index (χ2v) is 16.9. The zero-order valence-electron chi connectivity index (χ0n) is 32.3. The summed E-state index contributed by atoms with van der Waals surface area (Å²) in [6.45, 7) is 9.03. The Labute approximate surface area is 371 Å². The molecule has 56 heavy (non-hydrogen) atoms. The van der Waals surface area contributed by atoms with Crippen LogP contribution in [0.15, 0.2) is 169 Å². The molecule has 0 saturated heterocycles. The van der Waals surface area contributed by atoms with E-state index in [2.05, 4.69) is 161 Å². The fraction of sp³-hybridized carbons (Fsp3) is 0.176. The first-order chi connectivity index (χ1) is 26.1. The predicted octanol–water partition coefficient (Wildman–Crippen LogP) is 9.30. The van der Waals surface area contributed by atoms with Gasteiger partial charge in [0.1, 0.15) is 0 Å². The van der Waals surface area contributed by atoms with Gasteiger partial charge in [0.2, 0.25) is 0 Å². The predicted molar refractivity (Wildman–Crippen MR) is 232 cm³/mol. The van der Waals surface area contributed by atoms with Gasteiger partial charge in [-0.25, -0.2) is 6.08 Å². The number of fused-ring (bicyclic) bond motifs is 3. The van der Waals surface area contributed by atoms with Gasteiger partial charge in [-0.05, 0) is 11.1 Å². The minimum absolute atomic E-state index is 0. The molecule has 5 heteroatoms. The van der Waals surface area contributed by atoms with Crippen LogP contribution in [0.25, 0.3) is 43.8 Å². The van der Waals surface area contributed by atoms with E-state index in [1.807, 2.05) is 36.4 Å². The molecule has 7 aromatic rings. The van der Waals surface area contributed by atoms with E-state index in [9.17, 15) is 0 Å². The first kappa shape index (κ1) is 45.3. The Morgan fingerprint density at radius 2 is 1.11 bits per heavy atom. The molecule has 0 aliphatic heterocycles. The summed E-state index contributed by atoms with van der Waals surface area (Å²) in [5, 5.41) is 6.80. The molecule has 0 aromatic heterocycles. The first-order valence-corrected chi connectivity index (χ1v) is 20.7. The van der Waals surface area contributed by atoms with Crippen LogP contribution >= 0.6 is 23.2 Å². The number of hydrogen-bond acceptors (Lipinski definition) is 0. The Morgan fingerprint density at radius 3 is 1.52 bits per heavy atom. The molecule has 0 saturated carbocycles. The van der Waals surface area contributed by atoms with Gasteiger partial charge in [-0.1, -0.05) is 154 Å². The molecule has 0 nitrogen and oxygen atoms in total. The number of halogens is 4. The monoisotopic (exact) mass is 888 g/mol. The second-order valence-electron chi connectivity index (χ2n) is 14.8. The van der Waals surface area contributed by atoms with Crippen molar-refractivity contribution >= 4 is 48.0 Å². The normalized spacial score (nSPS) is 13.1. The summed E-state index contributed by atoms with van der Waals surface area (Å²) in [5.41, 5.74) is 9.14. The summed E-state index contributed by atoms with van der Waals surface area (Å²) in [6, 6.07) is 52.8.